The highest BCUT2D eigenvalue weighted by Crippen LogP contribution is 2.15. The molecule has 0 saturated heterocycles. The molecule has 0 spiro atoms. The zero-order valence-corrected chi connectivity index (χ0v) is 14.0. The van der Waals surface area contributed by atoms with E-state index in [1.807, 2.05) is 0 Å². The van der Waals surface area contributed by atoms with Crippen LogP contribution < -0.4 is 9.46 Å². The number of carboxylic acids is 1. The highest BCUT2D eigenvalue weighted by atomic mass is 32.2. The minimum Gasteiger partial charge on any atom is -0.482 e. The van der Waals surface area contributed by atoms with Gasteiger partial charge in [0.15, 0.2) is 6.61 Å². The fourth-order valence-electron chi connectivity index (χ4n) is 2.16. The second-order valence-electron chi connectivity index (χ2n) is 5.24. The van der Waals surface area contributed by atoms with E-state index in [2.05, 4.69) is 4.72 Å². The van der Waals surface area contributed by atoms with E-state index in [0.717, 1.165) is 5.56 Å². The van der Waals surface area contributed by atoms with Crippen LogP contribution in [0.4, 0.5) is 0 Å². The third-order valence-corrected chi connectivity index (χ3v) is 5.00. The van der Waals surface area contributed by atoms with Crippen LogP contribution in [-0.2, 0) is 21.2 Å². The van der Waals surface area contributed by atoms with Gasteiger partial charge in [-0.3, -0.25) is 0 Å². The lowest BCUT2D eigenvalue weighted by molar-refractivity contribution is -0.139. The van der Waals surface area contributed by atoms with Crippen LogP contribution in [-0.4, -0.2) is 32.6 Å². The van der Waals surface area contributed by atoms with Crippen LogP contribution in [0.15, 0.2) is 53.4 Å². The standard InChI is InChI=1S/C17H19NO5S/c1-13-4-2-3-5-16(13)24(21,22)18-11-10-14-6-8-15(9-7-14)23-12-17(19)20/h2-9,18H,10-12H2,1H3,(H,19,20). The van der Waals surface area contributed by atoms with Crippen molar-refractivity contribution in [1.82, 2.24) is 4.72 Å². The predicted molar refractivity (Wildman–Crippen MR) is 89.6 cm³/mol. The molecule has 0 aromatic heterocycles. The van der Waals surface area contributed by atoms with Crippen LogP contribution >= 0.6 is 0 Å². The number of hydrogen-bond acceptors (Lipinski definition) is 4. The average Bonchev–Trinajstić information content (AvgIpc) is 2.54. The summed E-state index contributed by atoms with van der Waals surface area (Å²) < 4.78 is 32.1. The summed E-state index contributed by atoms with van der Waals surface area (Å²) in [4.78, 5) is 10.7. The third-order valence-electron chi connectivity index (χ3n) is 3.37. The van der Waals surface area contributed by atoms with Crippen molar-refractivity contribution in [3.05, 3.63) is 59.7 Å². The van der Waals surface area contributed by atoms with Crippen LogP contribution in [0, 0.1) is 6.92 Å². The first-order valence-electron chi connectivity index (χ1n) is 7.37. The first-order valence-corrected chi connectivity index (χ1v) is 8.85. The molecule has 2 aromatic carbocycles. The topological polar surface area (TPSA) is 92.7 Å². The number of nitrogens with one attached hydrogen (secondary N) is 1. The number of ether oxygens (including phenoxy) is 1. The van der Waals surface area contributed by atoms with Crippen molar-refractivity contribution in [3.63, 3.8) is 0 Å². The molecule has 0 atom stereocenters. The predicted octanol–water partition coefficient (Wildman–Crippen LogP) is 1.98. The van der Waals surface area contributed by atoms with Gasteiger partial charge in [-0.25, -0.2) is 17.9 Å². The summed E-state index contributed by atoms with van der Waals surface area (Å²) in [6.07, 6.45) is 0.518. The lowest BCUT2D eigenvalue weighted by Gasteiger charge is -2.09. The van der Waals surface area contributed by atoms with Gasteiger partial charge in [-0.05, 0) is 42.7 Å². The lowest BCUT2D eigenvalue weighted by atomic mass is 10.1. The van der Waals surface area contributed by atoms with Gasteiger partial charge in [0, 0.05) is 6.54 Å². The highest BCUT2D eigenvalue weighted by Gasteiger charge is 2.15. The molecule has 0 fully saturated rings. The van der Waals surface area contributed by atoms with Gasteiger partial charge in [-0.1, -0.05) is 30.3 Å². The molecule has 0 saturated carbocycles. The van der Waals surface area contributed by atoms with E-state index in [1.54, 1.807) is 55.5 Å². The van der Waals surface area contributed by atoms with Crippen LogP contribution in [0.5, 0.6) is 5.75 Å². The molecule has 0 amide bonds. The van der Waals surface area contributed by atoms with Crippen molar-refractivity contribution < 1.29 is 23.1 Å². The van der Waals surface area contributed by atoms with E-state index in [9.17, 15) is 13.2 Å². The summed E-state index contributed by atoms with van der Waals surface area (Å²) in [5, 5.41) is 8.55. The number of carboxylic acid groups (broad SMARTS) is 1. The summed E-state index contributed by atoms with van der Waals surface area (Å²) in [5.74, 6) is -0.577. The zero-order chi connectivity index (χ0) is 17.6. The molecular weight excluding hydrogens is 330 g/mol. The number of sulfonamides is 1. The van der Waals surface area contributed by atoms with E-state index < -0.39 is 22.6 Å². The summed E-state index contributed by atoms with van der Waals surface area (Å²) in [7, 11) is -3.53. The minimum absolute atomic E-state index is 0.270. The molecule has 0 aliphatic carbocycles. The molecule has 2 aromatic rings. The Hall–Kier alpha value is -2.38. The molecule has 0 aliphatic heterocycles. The van der Waals surface area contributed by atoms with Crippen molar-refractivity contribution >= 4 is 16.0 Å². The molecule has 0 aliphatic rings. The molecule has 0 unspecified atom stereocenters. The molecule has 7 heteroatoms. The Balaban J connectivity index is 1.90. The Morgan fingerprint density at radius 1 is 1.12 bits per heavy atom. The summed E-state index contributed by atoms with van der Waals surface area (Å²) in [6.45, 7) is 1.63. The molecule has 2 rings (SSSR count). The van der Waals surface area contributed by atoms with E-state index in [0.29, 0.717) is 17.7 Å². The summed E-state index contributed by atoms with van der Waals surface area (Å²) in [5.41, 5.74) is 1.62. The highest BCUT2D eigenvalue weighted by molar-refractivity contribution is 7.89. The Morgan fingerprint density at radius 2 is 1.79 bits per heavy atom. The SMILES string of the molecule is Cc1ccccc1S(=O)(=O)NCCc1ccc(OCC(=O)O)cc1. The molecular formula is C17H19NO5S. The fraction of sp³-hybridized carbons (Fsp3) is 0.235. The average molecular weight is 349 g/mol. The maximum atomic E-state index is 12.3. The summed E-state index contributed by atoms with van der Waals surface area (Å²) >= 11 is 0. The monoisotopic (exact) mass is 349 g/mol. The number of benzene rings is 2. The minimum atomic E-state index is -3.53. The molecule has 6 nitrogen and oxygen atoms in total. The molecule has 0 bridgehead atoms. The number of hydrogen-bond donors (Lipinski definition) is 2. The summed E-state index contributed by atoms with van der Waals surface area (Å²) in [6, 6.07) is 13.7. The lowest BCUT2D eigenvalue weighted by Crippen LogP contribution is -2.26. The number of carbonyl (C=O) groups is 1. The first kappa shape index (κ1) is 18.0. The Bertz CT molecular complexity index is 800. The Morgan fingerprint density at radius 3 is 2.42 bits per heavy atom. The number of aliphatic carboxylic acids is 1. The first-order chi connectivity index (χ1) is 11.4. The van der Waals surface area contributed by atoms with Gasteiger partial charge in [0.2, 0.25) is 10.0 Å². The number of aryl methyl sites for hydroxylation is 1. The van der Waals surface area contributed by atoms with Crippen LogP contribution in [0.3, 0.4) is 0 Å². The van der Waals surface area contributed by atoms with E-state index in [4.69, 9.17) is 9.84 Å². The zero-order valence-electron chi connectivity index (χ0n) is 13.2. The molecule has 128 valence electrons. The van der Waals surface area contributed by atoms with Crippen molar-refractivity contribution in [1.29, 1.82) is 0 Å². The quantitative estimate of drug-likeness (QED) is 0.760. The van der Waals surface area contributed by atoms with Crippen molar-refractivity contribution in [2.75, 3.05) is 13.2 Å². The van der Waals surface area contributed by atoms with E-state index in [-0.39, 0.29) is 11.4 Å². The van der Waals surface area contributed by atoms with Gasteiger partial charge in [0.1, 0.15) is 5.75 Å². The molecule has 24 heavy (non-hydrogen) atoms. The number of rotatable bonds is 8. The van der Waals surface area contributed by atoms with Crippen molar-refractivity contribution in [2.24, 2.45) is 0 Å². The van der Waals surface area contributed by atoms with Gasteiger partial charge in [-0.2, -0.15) is 0 Å². The Labute approximate surface area is 141 Å². The van der Waals surface area contributed by atoms with Gasteiger partial charge < -0.3 is 9.84 Å². The Kier molecular flexibility index (Phi) is 5.94. The molecule has 0 heterocycles. The van der Waals surface area contributed by atoms with Gasteiger partial charge in [0.05, 0.1) is 4.90 Å². The van der Waals surface area contributed by atoms with Crippen molar-refractivity contribution in [3.8, 4) is 5.75 Å². The van der Waals surface area contributed by atoms with Gasteiger partial charge >= 0.3 is 5.97 Å². The van der Waals surface area contributed by atoms with Crippen LogP contribution in [0.25, 0.3) is 0 Å². The normalized spacial score (nSPS) is 11.2. The maximum Gasteiger partial charge on any atom is 0.341 e. The second kappa shape index (κ2) is 7.94. The molecule has 0 radical (unpaired) electrons. The van der Waals surface area contributed by atoms with E-state index in [1.165, 1.54) is 0 Å². The van der Waals surface area contributed by atoms with Crippen LogP contribution in [0.1, 0.15) is 11.1 Å². The molecule has 2 N–H and O–H groups in total. The van der Waals surface area contributed by atoms with Crippen molar-refractivity contribution in [2.45, 2.75) is 18.2 Å². The van der Waals surface area contributed by atoms with Gasteiger partial charge in [0.25, 0.3) is 0 Å². The van der Waals surface area contributed by atoms with Crippen LogP contribution in [0.2, 0.25) is 0 Å². The maximum absolute atomic E-state index is 12.3. The van der Waals surface area contributed by atoms with Gasteiger partial charge in [-0.15, -0.1) is 0 Å². The fourth-order valence-corrected chi connectivity index (χ4v) is 3.44. The second-order valence-corrected chi connectivity index (χ2v) is 6.98. The van der Waals surface area contributed by atoms with E-state index >= 15 is 0 Å². The largest absolute Gasteiger partial charge is 0.482 e. The third kappa shape index (κ3) is 5.07. The smallest absolute Gasteiger partial charge is 0.341 e.